The average molecular weight is 463 g/mol. The number of hydrogen-bond donors (Lipinski definition) is 0. The Hall–Kier alpha value is -2.99. The van der Waals surface area contributed by atoms with Crippen molar-refractivity contribution in [1.29, 1.82) is 0 Å². The molecular formula is C28H31FN2O3. The molecule has 0 radical (unpaired) electrons. The Bertz CT molecular complexity index is 1070. The van der Waals surface area contributed by atoms with Crippen molar-refractivity contribution in [1.82, 2.24) is 9.80 Å². The number of carbonyl (C=O) groups excluding carboxylic acids is 2. The molecule has 2 fully saturated rings. The van der Waals surface area contributed by atoms with Gasteiger partial charge in [-0.05, 0) is 81.6 Å². The molecule has 3 aliphatic rings. The minimum Gasteiger partial charge on any atom is -0.488 e. The third kappa shape index (κ3) is 4.92. The number of amides is 1. The van der Waals surface area contributed by atoms with Crippen LogP contribution < -0.4 is 4.74 Å². The zero-order chi connectivity index (χ0) is 23.5. The van der Waals surface area contributed by atoms with Crippen LogP contribution in [0.15, 0.2) is 54.1 Å². The van der Waals surface area contributed by atoms with Crippen molar-refractivity contribution in [3.8, 4) is 5.75 Å². The lowest BCUT2D eigenvalue weighted by molar-refractivity contribution is -0.128. The zero-order valence-corrected chi connectivity index (χ0v) is 19.4. The number of likely N-dealkylation sites (tertiary alicyclic amines) is 2. The van der Waals surface area contributed by atoms with Crippen molar-refractivity contribution in [3.05, 3.63) is 71.0 Å². The third-order valence-corrected chi connectivity index (χ3v) is 7.41. The van der Waals surface area contributed by atoms with Gasteiger partial charge in [0.2, 0.25) is 0 Å². The summed E-state index contributed by atoms with van der Waals surface area (Å²) in [5, 5.41) is 0. The number of nitrogens with zero attached hydrogens (tertiary/aromatic N) is 2. The number of halogens is 1. The molecule has 0 N–H and O–H groups in total. The van der Waals surface area contributed by atoms with Crippen molar-refractivity contribution in [2.45, 2.75) is 38.1 Å². The van der Waals surface area contributed by atoms with Crippen LogP contribution in [-0.4, -0.2) is 60.3 Å². The fourth-order valence-electron chi connectivity index (χ4n) is 5.43. The van der Waals surface area contributed by atoms with E-state index in [1.54, 1.807) is 12.1 Å². The van der Waals surface area contributed by atoms with E-state index in [2.05, 4.69) is 4.90 Å². The first-order valence-corrected chi connectivity index (χ1v) is 12.3. The van der Waals surface area contributed by atoms with E-state index < -0.39 is 0 Å². The molecule has 3 heterocycles. The lowest BCUT2D eigenvalue weighted by atomic mass is 9.88. The Morgan fingerprint density at radius 2 is 1.74 bits per heavy atom. The molecule has 2 aromatic rings. The van der Waals surface area contributed by atoms with E-state index in [-0.39, 0.29) is 29.5 Å². The van der Waals surface area contributed by atoms with Gasteiger partial charge < -0.3 is 14.5 Å². The Morgan fingerprint density at radius 3 is 2.53 bits per heavy atom. The minimum atomic E-state index is -0.317. The maximum absolute atomic E-state index is 13.2. The summed E-state index contributed by atoms with van der Waals surface area (Å²) in [6.07, 6.45) is 6.65. The van der Waals surface area contributed by atoms with Crippen LogP contribution in [0.1, 0.15) is 48.0 Å². The second-order valence-corrected chi connectivity index (χ2v) is 9.57. The Labute approximate surface area is 200 Å². The highest BCUT2D eigenvalue weighted by Gasteiger charge is 2.32. The van der Waals surface area contributed by atoms with Gasteiger partial charge in [0.1, 0.15) is 18.2 Å². The maximum atomic E-state index is 13.2. The lowest BCUT2D eigenvalue weighted by Crippen LogP contribution is -2.42. The standard InChI is InChI=1S/C28H31FN2O3/c29-24-9-7-20(8-10-24)27(32)21-11-15-30(16-12-21)17-13-25-5-3-14-31(25)28(33)23-18-22-4-1-2-6-26(22)34-19-23/h1-2,4,6-10,18,21,25H,3,5,11-17,19H2/t25-/m0/s1. The first-order chi connectivity index (χ1) is 16.6. The second kappa shape index (κ2) is 10.1. The van der Waals surface area contributed by atoms with E-state index in [4.69, 9.17) is 4.74 Å². The molecule has 0 aromatic heterocycles. The van der Waals surface area contributed by atoms with Gasteiger partial charge in [0.15, 0.2) is 5.78 Å². The van der Waals surface area contributed by atoms with Crippen molar-refractivity contribution in [2.24, 2.45) is 5.92 Å². The third-order valence-electron chi connectivity index (χ3n) is 7.41. The fourth-order valence-corrected chi connectivity index (χ4v) is 5.43. The smallest absolute Gasteiger partial charge is 0.253 e. The highest BCUT2D eigenvalue weighted by Crippen LogP contribution is 2.29. The normalized spacial score (nSPS) is 21.0. The van der Waals surface area contributed by atoms with E-state index >= 15 is 0 Å². The molecular weight excluding hydrogens is 431 g/mol. The molecule has 1 atom stereocenters. The summed E-state index contributed by atoms with van der Waals surface area (Å²) in [6, 6.07) is 13.9. The molecule has 3 aliphatic heterocycles. The van der Waals surface area contributed by atoms with Gasteiger partial charge in [-0.1, -0.05) is 18.2 Å². The van der Waals surface area contributed by atoms with Gasteiger partial charge in [-0.3, -0.25) is 9.59 Å². The predicted octanol–water partition coefficient (Wildman–Crippen LogP) is 4.58. The molecule has 34 heavy (non-hydrogen) atoms. The molecule has 0 saturated carbocycles. The van der Waals surface area contributed by atoms with E-state index in [9.17, 15) is 14.0 Å². The molecule has 0 aliphatic carbocycles. The number of para-hydroxylation sites is 1. The molecule has 178 valence electrons. The van der Waals surface area contributed by atoms with Gasteiger partial charge in [-0.2, -0.15) is 0 Å². The molecule has 0 unspecified atom stereocenters. The van der Waals surface area contributed by atoms with Gasteiger partial charge >= 0.3 is 0 Å². The Balaban J connectivity index is 1.12. The van der Waals surface area contributed by atoms with Crippen molar-refractivity contribution in [3.63, 3.8) is 0 Å². The lowest BCUT2D eigenvalue weighted by Gasteiger charge is -2.33. The Morgan fingerprint density at radius 1 is 0.971 bits per heavy atom. The van der Waals surface area contributed by atoms with Crippen LogP contribution in [0.4, 0.5) is 4.39 Å². The van der Waals surface area contributed by atoms with E-state index in [1.165, 1.54) is 12.1 Å². The maximum Gasteiger partial charge on any atom is 0.253 e. The predicted molar refractivity (Wildman–Crippen MR) is 129 cm³/mol. The summed E-state index contributed by atoms with van der Waals surface area (Å²) in [4.78, 5) is 30.4. The van der Waals surface area contributed by atoms with Gasteiger partial charge in [-0.15, -0.1) is 0 Å². The van der Waals surface area contributed by atoms with Crippen LogP contribution >= 0.6 is 0 Å². The number of hydrogen-bond acceptors (Lipinski definition) is 4. The van der Waals surface area contributed by atoms with E-state index in [1.807, 2.05) is 35.2 Å². The van der Waals surface area contributed by atoms with Gasteiger partial charge in [0.25, 0.3) is 5.91 Å². The van der Waals surface area contributed by atoms with E-state index in [0.717, 1.165) is 75.2 Å². The highest BCUT2D eigenvalue weighted by molar-refractivity contribution is 5.99. The number of ether oxygens (including phenoxy) is 1. The summed E-state index contributed by atoms with van der Waals surface area (Å²) in [7, 11) is 0. The molecule has 1 amide bonds. The molecule has 0 spiro atoms. The van der Waals surface area contributed by atoms with Gasteiger partial charge in [0, 0.05) is 36.2 Å². The first-order valence-electron chi connectivity index (χ1n) is 12.3. The summed E-state index contributed by atoms with van der Waals surface area (Å²) in [5.41, 5.74) is 2.29. The second-order valence-electron chi connectivity index (χ2n) is 9.57. The summed E-state index contributed by atoms with van der Waals surface area (Å²) < 4.78 is 19.0. The fraction of sp³-hybridized carbons (Fsp3) is 0.429. The highest BCUT2D eigenvalue weighted by atomic mass is 19.1. The average Bonchev–Trinajstić information content (AvgIpc) is 3.36. The number of carbonyl (C=O) groups is 2. The van der Waals surface area contributed by atoms with Gasteiger partial charge in [-0.25, -0.2) is 4.39 Å². The number of rotatable bonds is 6. The van der Waals surface area contributed by atoms with Gasteiger partial charge in [0.05, 0.1) is 5.57 Å². The SMILES string of the molecule is O=C(c1ccc(F)cc1)C1CCN(CC[C@@H]2CCCN2C(=O)C2=Cc3ccccc3OC2)CC1. The summed E-state index contributed by atoms with van der Waals surface area (Å²) >= 11 is 0. The number of ketones is 1. The van der Waals surface area contributed by atoms with Crippen LogP contribution in [0.5, 0.6) is 5.75 Å². The zero-order valence-electron chi connectivity index (χ0n) is 19.4. The van der Waals surface area contributed by atoms with E-state index in [0.29, 0.717) is 12.2 Å². The van der Waals surface area contributed by atoms with Crippen molar-refractivity contribution < 1.29 is 18.7 Å². The first kappa shape index (κ1) is 22.8. The van der Waals surface area contributed by atoms with Crippen LogP contribution in [-0.2, 0) is 4.79 Å². The minimum absolute atomic E-state index is 0.00684. The Kier molecular flexibility index (Phi) is 6.77. The van der Waals surface area contributed by atoms with Crippen LogP contribution in [0.25, 0.3) is 6.08 Å². The molecule has 5 nitrogen and oxygen atoms in total. The molecule has 2 saturated heterocycles. The summed E-state index contributed by atoms with van der Waals surface area (Å²) in [6.45, 7) is 3.83. The number of benzene rings is 2. The molecule has 5 rings (SSSR count). The van der Waals surface area contributed by atoms with Crippen molar-refractivity contribution >= 4 is 17.8 Å². The molecule has 0 bridgehead atoms. The number of piperidine rings is 1. The quantitative estimate of drug-likeness (QED) is 0.590. The topological polar surface area (TPSA) is 49.9 Å². The molecule has 2 aromatic carbocycles. The summed E-state index contributed by atoms with van der Waals surface area (Å²) in [5.74, 6) is 0.742. The van der Waals surface area contributed by atoms with Crippen molar-refractivity contribution in [2.75, 3.05) is 32.8 Å². The number of fused-ring (bicyclic) bond motifs is 1. The largest absolute Gasteiger partial charge is 0.488 e. The monoisotopic (exact) mass is 462 g/mol. The number of Topliss-reactive ketones (excluding diaryl/α,β-unsaturated/α-hetero) is 1. The molecule has 6 heteroatoms. The van der Waals surface area contributed by atoms with Crippen LogP contribution in [0.2, 0.25) is 0 Å². The van der Waals surface area contributed by atoms with Crippen LogP contribution in [0, 0.1) is 11.7 Å². The van der Waals surface area contributed by atoms with Crippen LogP contribution in [0.3, 0.4) is 0 Å².